The minimum Gasteiger partial charge on any atom is -0.383 e. The molecule has 0 atom stereocenters. The van der Waals surface area contributed by atoms with Crippen LogP contribution in [0.15, 0.2) is 18.3 Å². The number of rotatable bonds is 4. The summed E-state index contributed by atoms with van der Waals surface area (Å²) in [7, 11) is 1.63. The van der Waals surface area contributed by atoms with E-state index in [0.717, 1.165) is 42.9 Å². The van der Waals surface area contributed by atoms with Crippen LogP contribution >= 0.6 is 0 Å². The number of carbonyl (C=O) groups excluding carboxylic acids is 1. The molecule has 0 aliphatic carbocycles. The van der Waals surface area contributed by atoms with Crippen LogP contribution in [0.2, 0.25) is 0 Å². The van der Waals surface area contributed by atoms with E-state index in [-0.39, 0.29) is 6.03 Å². The molecule has 1 N–H and O–H groups in total. The zero-order valence-electron chi connectivity index (χ0n) is 13.7. The Labute approximate surface area is 135 Å². The summed E-state index contributed by atoms with van der Waals surface area (Å²) in [5.41, 5.74) is 1.87. The van der Waals surface area contributed by atoms with Crippen molar-refractivity contribution in [1.82, 2.24) is 24.8 Å². The second kappa shape index (κ2) is 6.95. The average molecular weight is 317 g/mol. The summed E-state index contributed by atoms with van der Waals surface area (Å²) in [6, 6.07) is 4.24. The number of ether oxygens (including phenoxy) is 1. The number of hydrogen-bond acceptors (Lipinski definition) is 4. The Bertz CT molecular complexity index is 676. The number of aromatic nitrogens is 3. The number of fused-ring (bicyclic) bond motifs is 1. The topological polar surface area (TPSA) is 72.3 Å². The number of hydrogen-bond donors (Lipinski definition) is 1. The lowest BCUT2D eigenvalue weighted by molar-refractivity contribution is 0.162. The van der Waals surface area contributed by atoms with Crippen LogP contribution in [-0.4, -0.2) is 58.8 Å². The number of urea groups is 1. The van der Waals surface area contributed by atoms with Crippen molar-refractivity contribution in [2.75, 3.05) is 33.4 Å². The molecule has 0 spiro atoms. The zero-order valence-corrected chi connectivity index (χ0v) is 13.7. The van der Waals surface area contributed by atoms with Crippen molar-refractivity contribution in [2.24, 2.45) is 0 Å². The molecule has 2 aromatic heterocycles. The van der Waals surface area contributed by atoms with Crippen LogP contribution in [0.25, 0.3) is 11.2 Å². The number of methoxy groups -OCH3 is 1. The Kier molecular flexibility index (Phi) is 4.76. The lowest BCUT2D eigenvalue weighted by Crippen LogP contribution is -2.45. The van der Waals surface area contributed by atoms with Crippen LogP contribution in [0.4, 0.5) is 4.79 Å². The minimum absolute atomic E-state index is 0.00849. The summed E-state index contributed by atoms with van der Waals surface area (Å²) in [6.45, 7) is 4.59. The predicted octanol–water partition coefficient (Wildman–Crippen LogP) is 1.73. The van der Waals surface area contributed by atoms with E-state index >= 15 is 0 Å². The smallest absolute Gasteiger partial charge is 0.317 e. The molecule has 1 aliphatic rings. The molecule has 0 unspecified atom stereocenters. The van der Waals surface area contributed by atoms with Gasteiger partial charge in [-0.3, -0.25) is 0 Å². The second-order valence-corrected chi connectivity index (χ2v) is 5.82. The van der Waals surface area contributed by atoms with Crippen LogP contribution in [0.3, 0.4) is 0 Å². The molecule has 1 aliphatic heterocycles. The van der Waals surface area contributed by atoms with Crippen molar-refractivity contribution in [2.45, 2.75) is 25.8 Å². The van der Waals surface area contributed by atoms with Gasteiger partial charge in [0.25, 0.3) is 0 Å². The number of nitrogens with zero attached hydrogens (tertiary/aromatic N) is 4. The van der Waals surface area contributed by atoms with Crippen molar-refractivity contribution in [3.63, 3.8) is 0 Å². The van der Waals surface area contributed by atoms with Gasteiger partial charge in [-0.1, -0.05) is 0 Å². The van der Waals surface area contributed by atoms with Gasteiger partial charge in [0, 0.05) is 39.0 Å². The highest BCUT2D eigenvalue weighted by molar-refractivity contribution is 5.74. The maximum atomic E-state index is 12.1. The summed E-state index contributed by atoms with van der Waals surface area (Å²) in [4.78, 5) is 23.0. The second-order valence-electron chi connectivity index (χ2n) is 5.82. The predicted molar refractivity (Wildman–Crippen MR) is 87.4 cm³/mol. The van der Waals surface area contributed by atoms with Gasteiger partial charge in [-0.2, -0.15) is 0 Å². The maximum absolute atomic E-state index is 12.1. The first-order valence-electron chi connectivity index (χ1n) is 8.02. The van der Waals surface area contributed by atoms with Gasteiger partial charge in [-0.15, -0.1) is 0 Å². The van der Waals surface area contributed by atoms with Gasteiger partial charge in [-0.25, -0.2) is 14.8 Å². The first-order valence-corrected chi connectivity index (χ1v) is 8.02. The number of aryl methyl sites for hydroxylation is 1. The highest BCUT2D eigenvalue weighted by atomic mass is 16.5. The highest BCUT2D eigenvalue weighted by Crippen LogP contribution is 2.27. The van der Waals surface area contributed by atoms with E-state index in [0.29, 0.717) is 19.2 Å². The molecule has 0 aromatic carbocycles. The average Bonchev–Trinajstić information content (AvgIpc) is 2.91. The van der Waals surface area contributed by atoms with Crippen molar-refractivity contribution in [3.05, 3.63) is 24.2 Å². The SMILES string of the molecule is COCCNC(=O)N1CCC(n2c(C)nc3cccnc32)CC1. The van der Waals surface area contributed by atoms with Crippen LogP contribution in [0.1, 0.15) is 24.7 Å². The Morgan fingerprint density at radius 2 is 2.22 bits per heavy atom. The summed E-state index contributed by atoms with van der Waals surface area (Å²) < 4.78 is 7.17. The molecular formula is C16H23N5O2. The summed E-state index contributed by atoms with van der Waals surface area (Å²) in [5, 5.41) is 2.87. The van der Waals surface area contributed by atoms with Gasteiger partial charge in [0.05, 0.1) is 6.61 Å². The fourth-order valence-corrected chi connectivity index (χ4v) is 3.18. The minimum atomic E-state index is -0.00849. The highest BCUT2D eigenvalue weighted by Gasteiger charge is 2.26. The number of nitrogens with one attached hydrogen (secondary N) is 1. The molecule has 2 amide bonds. The monoisotopic (exact) mass is 317 g/mol. The van der Waals surface area contributed by atoms with Crippen LogP contribution in [0.5, 0.6) is 0 Å². The van der Waals surface area contributed by atoms with Gasteiger partial charge in [0.15, 0.2) is 5.65 Å². The Morgan fingerprint density at radius 1 is 1.43 bits per heavy atom. The zero-order chi connectivity index (χ0) is 16.2. The molecule has 2 aromatic rings. The molecule has 1 fully saturated rings. The van der Waals surface area contributed by atoms with E-state index < -0.39 is 0 Å². The fraction of sp³-hybridized carbons (Fsp3) is 0.562. The standard InChI is InChI=1S/C16H23N5O2/c1-12-19-14-4-3-7-17-15(14)21(12)13-5-9-20(10-6-13)16(22)18-8-11-23-2/h3-4,7,13H,5-6,8-11H2,1-2H3,(H,18,22). The lowest BCUT2D eigenvalue weighted by Gasteiger charge is -2.33. The third kappa shape index (κ3) is 3.29. The fourth-order valence-electron chi connectivity index (χ4n) is 3.18. The van der Waals surface area contributed by atoms with Gasteiger partial charge < -0.3 is 19.5 Å². The van der Waals surface area contributed by atoms with E-state index in [1.807, 2.05) is 24.0 Å². The van der Waals surface area contributed by atoms with Gasteiger partial charge in [0.2, 0.25) is 0 Å². The molecule has 124 valence electrons. The van der Waals surface area contributed by atoms with Crippen molar-refractivity contribution in [3.8, 4) is 0 Å². The van der Waals surface area contributed by atoms with E-state index in [1.165, 1.54) is 0 Å². The summed E-state index contributed by atoms with van der Waals surface area (Å²) in [5.74, 6) is 0.988. The van der Waals surface area contributed by atoms with Gasteiger partial charge in [0.1, 0.15) is 11.3 Å². The van der Waals surface area contributed by atoms with Gasteiger partial charge in [-0.05, 0) is 31.9 Å². The van der Waals surface area contributed by atoms with Crippen LogP contribution in [0, 0.1) is 6.92 Å². The van der Waals surface area contributed by atoms with E-state index in [9.17, 15) is 4.79 Å². The maximum Gasteiger partial charge on any atom is 0.317 e. The molecule has 0 radical (unpaired) electrons. The normalized spacial score (nSPS) is 16.0. The van der Waals surface area contributed by atoms with E-state index in [4.69, 9.17) is 4.74 Å². The first kappa shape index (κ1) is 15.7. The van der Waals surface area contributed by atoms with Crippen LogP contribution in [-0.2, 0) is 4.74 Å². The van der Waals surface area contributed by atoms with Crippen molar-refractivity contribution in [1.29, 1.82) is 0 Å². The third-order valence-electron chi connectivity index (χ3n) is 4.32. The number of pyridine rings is 1. The molecule has 3 rings (SSSR count). The quantitative estimate of drug-likeness (QED) is 0.872. The summed E-state index contributed by atoms with van der Waals surface area (Å²) in [6.07, 6.45) is 3.64. The van der Waals surface area contributed by atoms with Crippen LogP contribution < -0.4 is 5.32 Å². The van der Waals surface area contributed by atoms with Gasteiger partial charge >= 0.3 is 6.03 Å². The molecule has 1 saturated heterocycles. The Balaban J connectivity index is 1.64. The van der Waals surface area contributed by atoms with E-state index in [1.54, 1.807) is 13.3 Å². The molecular weight excluding hydrogens is 294 g/mol. The number of likely N-dealkylation sites (tertiary alicyclic amines) is 1. The molecule has 0 saturated carbocycles. The number of carbonyl (C=O) groups is 1. The molecule has 7 nitrogen and oxygen atoms in total. The number of piperidine rings is 1. The molecule has 7 heteroatoms. The molecule has 3 heterocycles. The summed E-state index contributed by atoms with van der Waals surface area (Å²) >= 11 is 0. The number of imidazole rings is 1. The Hall–Kier alpha value is -2.15. The largest absolute Gasteiger partial charge is 0.383 e. The van der Waals surface area contributed by atoms with Crippen molar-refractivity contribution >= 4 is 17.2 Å². The lowest BCUT2D eigenvalue weighted by atomic mass is 10.0. The molecule has 0 bridgehead atoms. The van der Waals surface area contributed by atoms with E-state index in [2.05, 4.69) is 19.9 Å². The Morgan fingerprint density at radius 3 is 2.96 bits per heavy atom. The van der Waals surface area contributed by atoms with Crippen molar-refractivity contribution < 1.29 is 9.53 Å². The molecule has 23 heavy (non-hydrogen) atoms. The first-order chi connectivity index (χ1) is 11.2. The number of amides is 2. The third-order valence-corrected chi connectivity index (χ3v) is 4.32.